The van der Waals surface area contributed by atoms with E-state index in [1.807, 2.05) is 12.1 Å². The minimum absolute atomic E-state index is 0.0667. The van der Waals surface area contributed by atoms with Crippen molar-refractivity contribution in [1.29, 1.82) is 0 Å². The molecule has 2 amide bonds. The number of nitrogens with one attached hydrogen (secondary N) is 1. The van der Waals surface area contributed by atoms with Gasteiger partial charge in [0, 0.05) is 64.9 Å². The molecular weight excluding hydrogens is 672 g/mol. The van der Waals surface area contributed by atoms with Gasteiger partial charge in [-0.25, -0.2) is 4.79 Å². The molecule has 1 atom stereocenters. The molecule has 5 N–H and O–H groups in total. The number of nitrogens with two attached hydrogens (primary N) is 1. The molecule has 0 fully saturated rings. The zero-order valence-electron chi connectivity index (χ0n) is 29.8. The Morgan fingerprint density at radius 1 is 0.849 bits per heavy atom. The van der Waals surface area contributed by atoms with Crippen molar-refractivity contribution in [1.82, 2.24) is 9.88 Å². The number of hydrogen-bond donors (Lipinski definition) is 4. The predicted molar refractivity (Wildman–Crippen MR) is 198 cm³/mol. The van der Waals surface area contributed by atoms with Crippen LogP contribution in [0, 0.1) is 0 Å². The van der Waals surface area contributed by atoms with E-state index < -0.39 is 28.8 Å². The molecule has 270 valence electrons. The first-order valence-electron chi connectivity index (χ1n) is 17.5. The van der Waals surface area contributed by atoms with Gasteiger partial charge in [0.1, 0.15) is 28.4 Å². The van der Waals surface area contributed by atoms with E-state index in [9.17, 15) is 24.6 Å². The van der Waals surface area contributed by atoms with Crippen LogP contribution in [-0.2, 0) is 20.5 Å². The highest BCUT2D eigenvalue weighted by Crippen LogP contribution is 2.57. The van der Waals surface area contributed by atoms with E-state index >= 15 is 0 Å². The van der Waals surface area contributed by atoms with E-state index in [2.05, 4.69) is 42.9 Å². The lowest BCUT2D eigenvalue weighted by Gasteiger charge is -2.36. The molecule has 0 aliphatic carbocycles. The number of aromatic nitrogens is 1. The molecule has 2 aliphatic rings. The normalized spacial score (nSPS) is 15.0. The number of aromatic hydroxyl groups is 2. The average molecular weight is 713 g/mol. The molecule has 4 aromatic carbocycles. The summed E-state index contributed by atoms with van der Waals surface area (Å²) in [6.45, 7) is 9.02. The minimum Gasteiger partial charge on any atom is -0.508 e. The number of esters is 1. The molecular formula is C42H40N4O7. The minimum atomic E-state index is -1.53. The molecule has 0 saturated heterocycles. The average Bonchev–Trinajstić information content (AvgIpc) is 3.41. The first-order valence-corrected chi connectivity index (χ1v) is 17.5. The first kappa shape index (κ1) is 35.2. The van der Waals surface area contributed by atoms with Crippen molar-refractivity contribution in [3.8, 4) is 23.0 Å². The number of hydrogen-bond acceptors (Lipinski definition) is 9. The van der Waals surface area contributed by atoms with Gasteiger partial charge in [-0.05, 0) is 106 Å². The predicted octanol–water partition coefficient (Wildman–Crippen LogP) is 6.59. The second-order valence-electron chi connectivity index (χ2n) is 14.0. The largest absolute Gasteiger partial charge is 0.508 e. The Labute approximate surface area is 307 Å². The summed E-state index contributed by atoms with van der Waals surface area (Å²) in [6, 6.07) is 26.5. The lowest BCUT2D eigenvalue weighted by Crippen LogP contribution is -2.47. The van der Waals surface area contributed by atoms with Crippen LogP contribution in [0.2, 0.25) is 0 Å². The maximum atomic E-state index is 14.0. The third kappa shape index (κ3) is 5.92. The number of carbonyl (C=O) groups excluding carboxylic acids is 3. The standard InChI is InChI=1S/C42H40N4O7/c1-24(2)46(25(3)4)19-17-41(40(43)51,37-10-5-6-18-44-37)27-8-7-9-28(21-27)45-38(49)26-11-14-31-34(20-26)42(53-39(31)50)32-15-12-29(47)22-35(32)52-36-23-30(48)13-16-33(36)42/h5-16,18,20-25,47-48H,17,19H2,1-4H3,(H2,43,51)(H,45,49). The smallest absolute Gasteiger partial charge is 0.340 e. The molecule has 2 aliphatic heterocycles. The van der Waals surface area contributed by atoms with Crippen molar-refractivity contribution in [3.05, 3.63) is 142 Å². The Kier molecular flexibility index (Phi) is 8.91. The molecule has 53 heavy (non-hydrogen) atoms. The SMILES string of the molecule is CC(C)N(CCC(C(N)=O)(c1cccc(NC(=O)c2ccc3c(c2)C2(OC3=O)c3ccc(O)cc3Oc3cc(O)ccc32)c1)c1ccccn1)C(C)C. The number of phenolic OH excluding ortho intramolecular Hbond substituents is 2. The molecule has 1 spiro atoms. The topological polar surface area (TPSA) is 164 Å². The number of amides is 2. The number of fused-ring (bicyclic) bond motifs is 6. The van der Waals surface area contributed by atoms with Gasteiger partial charge in [0.25, 0.3) is 5.91 Å². The summed E-state index contributed by atoms with van der Waals surface area (Å²) in [5.74, 6) is -1.32. The number of pyridine rings is 1. The van der Waals surface area contributed by atoms with Crippen LogP contribution in [0.1, 0.15) is 82.8 Å². The highest BCUT2D eigenvalue weighted by Gasteiger charge is 2.54. The van der Waals surface area contributed by atoms with Gasteiger partial charge in [-0.1, -0.05) is 18.2 Å². The van der Waals surface area contributed by atoms with Gasteiger partial charge in [-0.3, -0.25) is 19.5 Å². The maximum Gasteiger partial charge on any atom is 0.340 e. The highest BCUT2D eigenvalue weighted by atomic mass is 16.6. The Morgan fingerprint density at radius 3 is 2.13 bits per heavy atom. The van der Waals surface area contributed by atoms with Gasteiger partial charge in [0.2, 0.25) is 5.91 Å². The van der Waals surface area contributed by atoms with Crippen molar-refractivity contribution >= 4 is 23.5 Å². The molecule has 0 bridgehead atoms. The van der Waals surface area contributed by atoms with Gasteiger partial charge >= 0.3 is 5.97 Å². The number of anilines is 1. The van der Waals surface area contributed by atoms with Gasteiger partial charge < -0.3 is 30.7 Å². The van der Waals surface area contributed by atoms with Crippen molar-refractivity contribution < 1.29 is 34.1 Å². The number of benzene rings is 4. The molecule has 5 aromatic rings. The fourth-order valence-corrected chi connectivity index (χ4v) is 7.74. The number of rotatable bonds is 10. The zero-order valence-corrected chi connectivity index (χ0v) is 29.8. The third-order valence-electron chi connectivity index (χ3n) is 10.2. The fraction of sp³-hybridized carbons (Fsp3) is 0.238. The van der Waals surface area contributed by atoms with Crippen molar-refractivity contribution in [2.75, 3.05) is 11.9 Å². The number of phenols is 2. The second-order valence-corrected chi connectivity index (χ2v) is 14.0. The summed E-state index contributed by atoms with van der Waals surface area (Å²) in [5, 5.41) is 23.5. The second kappa shape index (κ2) is 13.4. The van der Waals surface area contributed by atoms with Crippen LogP contribution in [0.25, 0.3) is 0 Å². The summed E-state index contributed by atoms with van der Waals surface area (Å²) in [4.78, 5) is 48.0. The molecule has 3 heterocycles. The summed E-state index contributed by atoms with van der Waals surface area (Å²) in [6.07, 6.45) is 1.99. The zero-order chi connectivity index (χ0) is 37.7. The third-order valence-corrected chi connectivity index (χ3v) is 10.2. The maximum absolute atomic E-state index is 14.0. The Morgan fingerprint density at radius 2 is 1.53 bits per heavy atom. The molecule has 0 saturated carbocycles. The molecule has 11 nitrogen and oxygen atoms in total. The van der Waals surface area contributed by atoms with Crippen molar-refractivity contribution in [3.63, 3.8) is 0 Å². The van der Waals surface area contributed by atoms with Gasteiger partial charge in [0.05, 0.1) is 11.3 Å². The molecule has 0 radical (unpaired) electrons. The van der Waals surface area contributed by atoms with Crippen LogP contribution in [0.15, 0.2) is 103 Å². The first-order chi connectivity index (χ1) is 25.3. The fourth-order valence-electron chi connectivity index (χ4n) is 7.74. The Balaban J connectivity index is 1.27. The van der Waals surface area contributed by atoms with Crippen LogP contribution in [0.3, 0.4) is 0 Å². The van der Waals surface area contributed by atoms with Gasteiger partial charge in [-0.2, -0.15) is 0 Å². The molecule has 7 rings (SSSR count). The number of nitrogens with zero attached hydrogens (tertiary/aromatic N) is 2. The summed E-state index contributed by atoms with van der Waals surface area (Å²) < 4.78 is 12.2. The van der Waals surface area contributed by atoms with Crippen molar-refractivity contribution in [2.45, 2.75) is 57.2 Å². The van der Waals surface area contributed by atoms with Crippen LogP contribution < -0.4 is 15.8 Å². The summed E-state index contributed by atoms with van der Waals surface area (Å²) in [7, 11) is 0. The number of carbonyl (C=O) groups is 3. The van der Waals surface area contributed by atoms with Gasteiger partial charge in [-0.15, -0.1) is 0 Å². The Hall–Kier alpha value is -6.20. The van der Waals surface area contributed by atoms with Crippen LogP contribution >= 0.6 is 0 Å². The van der Waals surface area contributed by atoms with Crippen LogP contribution in [-0.4, -0.2) is 56.5 Å². The molecule has 11 heteroatoms. The number of primary amides is 1. The molecule has 1 unspecified atom stereocenters. The summed E-state index contributed by atoms with van der Waals surface area (Å²) >= 11 is 0. The van der Waals surface area contributed by atoms with E-state index in [1.54, 1.807) is 66.9 Å². The van der Waals surface area contributed by atoms with E-state index in [-0.39, 0.29) is 46.2 Å². The van der Waals surface area contributed by atoms with E-state index in [1.165, 1.54) is 24.3 Å². The lowest BCUT2D eigenvalue weighted by atomic mass is 9.73. The van der Waals surface area contributed by atoms with E-state index in [0.717, 1.165) is 0 Å². The number of ether oxygens (including phenoxy) is 2. The van der Waals surface area contributed by atoms with Crippen LogP contribution in [0.4, 0.5) is 5.69 Å². The van der Waals surface area contributed by atoms with Gasteiger partial charge in [0.15, 0.2) is 5.60 Å². The van der Waals surface area contributed by atoms with E-state index in [4.69, 9.17) is 15.2 Å². The Bertz CT molecular complexity index is 2190. The van der Waals surface area contributed by atoms with Crippen LogP contribution in [0.5, 0.6) is 23.0 Å². The molecule has 1 aromatic heterocycles. The monoisotopic (exact) mass is 712 g/mol. The highest BCUT2D eigenvalue weighted by molar-refractivity contribution is 6.06. The lowest BCUT2D eigenvalue weighted by molar-refractivity contribution is -0.122. The quantitative estimate of drug-likeness (QED) is 0.117. The summed E-state index contributed by atoms with van der Waals surface area (Å²) in [5.41, 5.74) is 6.73. The van der Waals surface area contributed by atoms with Crippen molar-refractivity contribution in [2.24, 2.45) is 5.73 Å². The van der Waals surface area contributed by atoms with E-state index in [0.29, 0.717) is 46.6 Å².